The number of amides is 4. The molecule has 10 nitrogen and oxygen atoms in total. The summed E-state index contributed by atoms with van der Waals surface area (Å²) in [6, 6.07) is 22.7. The van der Waals surface area contributed by atoms with Crippen LogP contribution in [0.1, 0.15) is 68.6 Å². The first-order chi connectivity index (χ1) is 20.7. The molecule has 2 heterocycles. The Morgan fingerprint density at radius 2 is 1.52 bits per heavy atom. The van der Waals surface area contributed by atoms with Gasteiger partial charge in [0.15, 0.2) is 5.54 Å². The lowest BCUT2D eigenvalue weighted by Crippen LogP contribution is -2.68. The van der Waals surface area contributed by atoms with E-state index in [4.69, 9.17) is 9.47 Å². The fourth-order valence-electron chi connectivity index (χ4n) is 5.31. The maximum absolute atomic E-state index is 15.1. The summed E-state index contributed by atoms with van der Waals surface area (Å²) in [4.78, 5) is 61.0. The Labute approximate surface area is 255 Å². The zero-order valence-corrected chi connectivity index (χ0v) is 25.6. The van der Waals surface area contributed by atoms with E-state index in [0.717, 1.165) is 20.8 Å². The number of carbonyl (C=O) groups is 4. The van der Waals surface area contributed by atoms with Crippen molar-refractivity contribution < 1.29 is 28.7 Å². The van der Waals surface area contributed by atoms with Crippen LogP contribution >= 0.6 is 0 Å². The molecular formula is C34H36N4O6. The molecule has 5 rings (SSSR count). The Hall–Kier alpha value is -5.12. The van der Waals surface area contributed by atoms with Gasteiger partial charge in [-0.05, 0) is 82.3 Å². The van der Waals surface area contributed by atoms with Gasteiger partial charge in [0.25, 0.3) is 11.8 Å². The number of rotatable bonds is 4. The van der Waals surface area contributed by atoms with Gasteiger partial charge in [0.2, 0.25) is 0 Å². The third kappa shape index (κ3) is 5.75. The fourth-order valence-corrected chi connectivity index (χ4v) is 5.31. The number of nitrogens with zero attached hydrogens (tertiary/aromatic N) is 2. The highest BCUT2D eigenvalue weighted by atomic mass is 16.6. The highest BCUT2D eigenvalue weighted by Crippen LogP contribution is 2.44. The van der Waals surface area contributed by atoms with E-state index < -0.39 is 40.7 Å². The van der Waals surface area contributed by atoms with Crippen LogP contribution in [0, 0.1) is 0 Å². The largest absolute Gasteiger partial charge is 0.443 e. The standard InChI is InChI=1S/C34H36N4O6/c1-32(2,3)43-30(41)36-38(31(42)44-33(4,5)6)34(24-16-17-27-23(20-24)18-19-35-27)26-15-11-10-14-25(26)28(39)37(29(34)40)21-22-12-8-7-9-13-22/h7-20,35H,21H2,1-6H3,(H,36,41)/t34-/m0/s1. The van der Waals surface area contributed by atoms with Gasteiger partial charge in [0, 0.05) is 22.8 Å². The predicted molar refractivity (Wildman–Crippen MR) is 164 cm³/mol. The smallest absolute Gasteiger partial charge is 0.431 e. The minimum Gasteiger partial charge on any atom is -0.443 e. The van der Waals surface area contributed by atoms with Crippen LogP contribution in [-0.4, -0.2) is 50.1 Å². The lowest BCUT2D eigenvalue weighted by atomic mass is 9.75. The van der Waals surface area contributed by atoms with Crippen molar-refractivity contribution in [1.82, 2.24) is 20.3 Å². The molecular weight excluding hydrogens is 560 g/mol. The molecule has 1 aliphatic rings. The number of fused-ring (bicyclic) bond motifs is 2. The zero-order valence-electron chi connectivity index (χ0n) is 25.6. The van der Waals surface area contributed by atoms with Crippen LogP contribution in [-0.2, 0) is 26.4 Å². The van der Waals surface area contributed by atoms with Gasteiger partial charge >= 0.3 is 12.2 Å². The van der Waals surface area contributed by atoms with Crippen molar-refractivity contribution in [2.45, 2.75) is 64.8 Å². The Morgan fingerprint density at radius 1 is 0.864 bits per heavy atom. The lowest BCUT2D eigenvalue weighted by molar-refractivity contribution is -0.143. The number of aromatic nitrogens is 1. The maximum Gasteiger partial charge on any atom is 0.431 e. The van der Waals surface area contributed by atoms with E-state index in [1.165, 1.54) is 0 Å². The minimum atomic E-state index is -2.08. The van der Waals surface area contributed by atoms with Gasteiger partial charge in [-0.2, -0.15) is 5.01 Å². The Bertz CT molecular complexity index is 1730. The van der Waals surface area contributed by atoms with E-state index in [0.29, 0.717) is 11.1 Å². The van der Waals surface area contributed by atoms with Crippen molar-refractivity contribution >= 4 is 34.9 Å². The summed E-state index contributed by atoms with van der Waals surface area (Å²) in [5.74, 6) is -1.28. The van der Waals surface area contributed by atoms with Gasteiger partial charge in [-0.25, -0.2) is 15.0 Å². The molecule has 0 saturated heterocycles. The number of aromatic amines is 1. The van der Waals surface area contributed by atoms with Crippen molar-refractivity contribution in [3.05, 3.63) is 107 Å². The molecule has 0 aliphatic carbocycles. The monoisotopic (exact) mass is 596 g/mol. The van der Waals surface area contributed by atoms with Crippen molar-refractivity contribution in [1.29, 1.82) is 0 Å². The molecule has 1 aliphatic heterocycles. The number of benzene rings is 3. The van der Waals surface area contributed by atoms with Crippen molar-refractivity contribution in [3.63, 3.8) is 0 Å². The van der Waals surface area contributed by atoms with Crippen molar-refractivity contribution in [2.24, 2.45) is 0 Å². The second-order valence-electron chi connectivity index (χ2n) is 12.6. The number of nitrogens with one attached hydrogen (secondary N) is 2. The second-order valence-corrected chi connectivity index (χ2v) is 12.6. The molecule has 0 unspecified atom stereocenters. The fraction of sp³-hybridized carbons (Fsp3) is 0.294. The molecule has 0 spiro atoms. The highest BCUT2D eigenvalue weighted by molar-refractivity contribution is 6.15. The number of H-pyrrole nitrogens is 1. The molecule has 228 valence electrons. The number of hydrogen-bond donors (Lipinski definition) is 2. The van der Waals surface area contributed by atoms with E-state index in [1.807, 2.05) is 24.3 Å². The van der Waals surface area contributed by atoms with E-state index in [2.05, 4.69) is 10.4 Å². The molecule has 10 heteroatoms. The van der Waals surface area contributed by atoms with Crippen LogP contribution in [0.15, 0.2) is 85.1 Å². The summed E-state index contributed by atoms with van der Waals surface area (Å²) in [5, 5.41) is 1.62. The van der Waals surface area contributed by atoms with E-state index >= 15 is 4.79 Å². The number of hydrogen-bond acceptors (Lipinski definition) is 6. The Balaban J connectivity index is 1.82. The van der Waals surface area contributed by atoms with Crippen LogP contribution in [0.4, 0.5) is 9.59 Å². The zero-order chi connectivity index (χ0) is 31.9. The van der Waals surface area contributed by atoms with Crippen LogP contribution in [0.2, 0.25) is 0 Å². The van der Waals surface area contributed by atoms with Gasteiger partial charge < -0.3 is 14.5 Å². The number of hydrazine groups is 1. The van der Waals surface area contributed by atoms with E-state index in [-0.39, 0.29) is 17.7 Å². The molecule has 1 atom stereocenters. The first kappa shape index (κ1) is 30.3. The molecule has 0 bridgehead atoms. The topological polar surface area (TPSA) is 121 Å². The Morgan fingerprint density at radius 3 is 2.20 bits per heavy atom. The summed E-state index contributed by atoms with van der Waals surface area (Å²) < 4.78 is 11.4. The number of ether oxygens (including phenoxy) is 2. The molecule has 1 aromatic heterocycles. The molecule has 0 fully saturated rings. The molecule has 0 radical (unpaired) electrons. The highest BCUT2D eigenvalue weighted by Gasteiger charge is 2.59. The summed E-state index contributed by atoms with van der Waals surface area (Å²) in [5.41, 5.74) is 0.756. The summed E-state index contributed by atoms with van der Waals surface area (Å²) in [7, 11) is 0. The molecule has 3 aromatic carbocycles. The van der Waals surface area contributed by atoms with Crippen LogP contribution in [0.25, 0.3) is 10.9 Å². The molecule has 4 aromatic rings. The van der Waals surface area contributed by atoms with Gasteiger partial charge in [0.05, 0.1) is 6.54 Å². The van der Waals surface area contributed by atoms with Gasteiger partial charge in [-0.15, -0.1) is 0 Å². The van der Waals surface area contributed by atoms with Gasteiger partial charge in [-0.3, -0.25) is 14.5 Å². The molecule has 0 saturated carbocycles. The summed E-state index contributed by atoms with van der Waals surface area (Å²) >= 11 is 0. The average Bonchev–Trinajstić information content (AvgIpc) is 3.42. The number of carbonyl (C=O) groups excluding carboxylic acids is 4. The van der Waals surface area contributed by atoms with Crippen LogP contribution in [0.3, 0.4) is 0 Å². The van der Waals surface area contributed by atoms with Crippen molar-refractivity contribution in [3.8, 4) is 0 Å². The second kappa shape index (κ2) is 11.2. The first-order valence-corrected chi connectivity index (χ1v) is 14.3. The molecule has 2 N–H and O–H groups in total. The maximum atomic E-state index is 15.1. The van der Waals surface area contributed by atoms with Gasteiger partial charge in [-0.1, -0.05) is 54.6 Å². The lowest BCUT2D eigenvalue weighted by Gasteiger charge is -2.47. The third-order valence-corrected chi connectivity index (χ3v) is 7.02. The van der Waals surface area contributed by atoms with E-state index in [1.54, 1.807) is 102 Å². The third-order valence-electron chi connectivity index (χ3n) is 7.02. The van der Waals surface area contributed by atoms with Gasteiger partial charge in [0.1, 0.15) is 11.2 Å². The molecule has 4 amide bonds. The van der Waals surface area contributed by atoms with E-state index in [9.17, 15) is 14.4 Å². The summed E-state index contributed by atoms with van der Waals surface area (Å²) in [6.45, 7) is 10.0. The minimum absolute atomic E-state index is 0.0738. The summed E-state index contributed by atoms with van der Waals surface area (Å²) in [6.07, 6.45) is -0.245. The molecule has 44 heavy (non-hydrogen) atoms. The van der Waals surface area contributed by atoms with Crippen molar-refractivity contribution in [2.75, 3.05) is 0 Å². The predicted octanol–water partition coefficient (Wildman–Crippen LogP) is 6.27. The normalized spacial score (nSPS) is 16.8. The average molecular weight is 597 g/mol. The quantitative estimate of drug-likeness (QED) is 0.212. The van der Waals surface area contributed by atoms with Crippen LogP contribution < -0.4 is 5.43 Å². The number of imide groups is 1. The SMILES string of the molecule is CC(C)(C)OC(=O)NN(C(=O)OC(C)(C)C)[C@]1(c2ccc3[nH]ccc3c2)C(=O)N(Cc2ccccc2)C(=O)c2ccccc21. The van der Waals surface area contributed by atoms with Crippen LogP contribution in [0.5, 0.6) is 0 Å². The Kier molecular flexibility index (Phi) is 7.71. The first-order valence-electron chi connectivity index (χ1n) is 14.3.